The summed E-state index contributed by atoms with van der Waals surface area (Å²) in [7, 11) is 0. The average Bonchev–Trinajstić information content (AvgIpc) is 2.79. The number of ether oxygens (including phenoxy) is 2. The van der Waals surface area contributed by atoms with Gasteiger partial charge in [0, 0.05) is 25.2 Å². The first-order chi connectivity index (χ1) is 15.2. The summed E-state index contributed by atoms with van der Waals surface area (Å²) in [6.07, 6.45) is 1.73. The molecule has 2 rings (SSSR count). The van der Waals surface area contributed by atoms with Gasteiger partial charge in [0.05, 0.1) is 6.54 Å². The molecule has 0 aliphatic rings. The Kier molecular flexibility index (Phi) is 10.5. The van der Waals surface area contributed by atoms with Crippen LogP contribution in [0.15, 0.2) is 66.2 Å². The maximum Gasteiger partial charge on any atom is 0.257 e. The van der Waals surface area contributed by atoms with E-state index in [0.29, 0.717) is 38.0 Å². The number of para-hydroxylation sites is 1. The second-order valence-electron chi connectivity index (χ2n) is 6.65. The predicted octanol–water partition coefficient (Wildman–Crippen LogP) is 3.02. The molecule has 0 unspecified atom stereocenters. The molecule has 0 spiro atoms. The number of likely N-dealkylation sites (N-methyl/N-ethyl adjacent to an activating group) is 1. The molecule has 0 bridgehead atoms. The van der Waals surface area contributed by atoms with E-state index in [0.717, 1.165) is 23.4 Å². The summed E-state index contributed by atoms with van der Waals surface area (Å²) in [5.41, 5.74) is 2.02. The monoisotopic (exact) mass is 424 g/mol. The number of rotatable bonds is 12. The number of amides is 1. The average molecular weight is 425 g/mol. The van der Waals surface area contributed by atoms with E-state index in [-0.39, 0.29) is 12.5 Å². The first-order valence-corrected chi connectivity index (χ1v) is 10.5. The van der Waals surface area contributed by atoms with Crippen molar-refractivity contribution in [1.29, 1.82) is 0 Å². The summed E-state index contributed by atoms with van der Waals surface area (Å²) in [6.45, 7) is 10.4. The smallest absolute Gasteiger partial charge is 0.257 e. The van der Waals surface area contributed by atoms with Gasteiger partial charge in [-0.3, -0.25) is 4.79 Å². The second kappa shape index (κ2) is 13.7. The minimum Gasteiger partial charge on any atom is -0.489 e. The highest BCUT2D eigenvalue weighted by atomic mass is 16.5. The molecule has 0 aromatic heterocycles. The van der Waals surface area contributed by atoms with Gasteiger partial charge in [-0.1, -0.05) is 43.0 Å². The van der Waals surface area contributed by atoms with E-state index in [1.807, 2.05) is 62.4 Å². The highest BCUT2D eigenvalue weighted by Crippen LogP contribution is 2.18. The molecule has 1 amide bonds. The van der Waals surface area contributed by atoms with Crippen molar-refractivity contribution in [2.24, 2.45) is 4.99 Å². The zero-order valence-electron chi connectivity index (χ0n) is 18.3. The fraction of sp³-hybridized carbons (Fsp3) is 0.333. The van der Waals surface area contributed by atoms with Gasteiger partial charge in [0.2, 0.25) is 0 Å². The molecule has 0 radical (unpaired) electrons. The summed E-state index contributed by atoms with van der Waals surface area (Å²) in [5, 5.41) is 9.30. The summed E-state index contributed by atoms with van der Waals surface area (Å²) < 4.78 is 11.3. The Labute approximate surface area is 184 Å². The van der Waals surface area contributed by atoms with Gasteiger partial charge in [0.15, 0.2) is 12.6 Å². The number of carbonyl (C=O) groups is 1. The van der Waals surface area contributed by atoms with Crippen LogP contribution in [0.4, 0.5) is 0 Å². The number of nitrogens with zero attached hydrogens (tertiary/aromatic N) is 1. The van der Waals surface area contributed by atoms with Crippen molar-refractivity contribution in [2.45, 2.75) is 26.9 Å². The van der Waals surface area contributed by atoms with Crippen LogP contribution in [0.5, 0.6) is 11.5 Å². The zero-order valence-corrected chi connectivity index (χ0v) is 18.3. The Bertz CT molecular complexity index is 867. The van der Waals surface area contributed by atoms with Crippen molar-refractivity contribution in [3.63, 3.8) is 0 Å². The molecular weight excluding hydrogens is 392 g/mol. The van der Waals surface area contributed by atoms with Crippen molar-refractivity contribution >= 4 is 11.9 Å². The Morgan fingerprint density at radius 2 is 1.84 bits per heavy atom. The van der Waals surface area contributed by atoms with Crippen LogP contribution < -0.4 is 25.4 Å². The third-order valence-corrected chi connectivity index (χ3v) is 4.18. The van der Waals surface area contributed by atoms with Gasteiger partial charge < -0.3 is 25.4 Å². The van der Waals surface area contributed by atoms with Crippen molar-refractivity contribution in [1.82, 2.24) is 16.0 Å². The SMILES string of the molecule is C=CCOc1ccccc1CNC(=NCc1cccc(OCC(=O)NCC)c1)NCC. The molecule has 3 N–H and O–H groups in total. The van der Waals surface area contributed by atoms with Gasteiger partial charge >= 0.3 is 0 Å². The van der Waals surface area contributed by atoms with E-state index in [9.17, 15) is 4.79 Å². The first kappa shape index (κ1) is 23.8. The van der Waals surface area contributed by atoms with Crippen LogP contribution in [0.3, 0.4) is 0 Å². The Hall–Kier alpha value is -3.48. The Morgan fingerprint density at radius 1 is 1.03 bits per heavy atom. The molecule has 7 nitrogen and oxygen atoms in total. The summed E-state index contributed by atoms with van der Waals surface area (Å²) in [5.74, 6) is 2.03. The standard InChI is InChI=1S/C24H32N4O3/c1-4-14-30-22-13-8-7-11-20(22)17-28-24(26-6-3)27-16-19-10-9-12-21(15-19)31-18-23(29)25-5-2/h4,7-13,15H,1,5-6,14,16-18H2,2-3H3,(H,25,29)(H2,26,27,28). The molecule has 0 aliphatic carbocycles. The molecule has 0 saturated heterocycles. The number of nitrogens with one attached hydrogen (secondary N) is 3. The maximum atomic E-state index is 11.6. The van der Waals surface area contributed by atoms with Gasteiger partial charge in [0.25, 0.3) is 5.91 Å². The van der Waals surface area contributed by atoms with Crippen LogP contribution >= 0.6 is 0 Å². The molecule has 0 heterocycles. The first-order valence-electron chi connectivity index (χ1n) is 10.5. The molecule has 31 heavy (non-hydrogen) atoms. The van der Waals surface area contributed by atoms with Gasteiger partial charge in [-0.15, -0.1) is 0 Å². The van der Waals surface area contributed by atoms with Gasteiger partial charge in [0.1, 0.15) is 18.1 Å². The van der Waals surface area contributed by atoms with Crippen LogP contribution in [-0.2, 0) is 17.9 Å². The number of benzene rings is 2. The molecule has 2 aromatic rings. The minimum absolute atomic E-state index is 0.00189. The second-order valence-corrected chi connectivity index (χ2v) is 6.65. The molecule has 0 atom stereocenters. The van der Waals surface area contributed by atoms with Crippen LogP contribution in [0.1, 0.15) is 25.0 Å². The normalized spacial score (nSPS) is 10.8. The number of aliphatic imine (C=N–C) groups is 1. The molecule has 166 valence electrons. The van der Waals surface area contributed by atoms with Crippen molar-refractivity contribution in [3.05, 3.63) is 72.3 Å². The van der Waals surface area contributed by atoms with Gasteiger partial charge in [-0.25, -0.2) is 4.99 Å². The third kappa shape index (κ3) is 8.82. The highest BCUT2D eigenvalue weighted by molar-refractivity contribution is 5.79. The van der Waals surface area contributed by atoms with E-state index in [1.54, 1.807) is 6.08 Å². The lowest BCUT2D eigenvalue weighted by Crippen LogP contribution is -2.36. The van der Waals surface area contributed by atoms with E-state index < -0.39 is 0 Å². The third-order valence-electron chi connectivity index (χ3n) is 4.18. The Balaban J connectivity index is 1.98. The topological polar surface area (TPSA) is 84.0 Å². The van der Waals surface area contributed by atoms with Crippen LogP contribution in [0.25, 0.3) is 0 Å². The van der Waals surface area contributed by atoms with Gasteiger partial charge in [-0.2, -0.15) is 0 Å². The van der Waals surface area contributed by atoms with E-state index in [1.165, 1.54) is 0 Å². The quantitative estimate of drug-likeness (QED) is 0.277. The summed E-state index contributed by atoms with van der Waals surface area (Å²) >= 11 is 0. The fourth-order valence-corrected chi connectivity index (χ4v) is 2.76. The molecule has 0 saturated carbocycles. The molecule has 0 fully saturated rings. The van der Waals surface area contributed by atoms with Crippen LogP contribution in [0.2, 0.25) is 0 Å². The molecular formula is C24H32N4O3. The molecule has 0 aliphatic heterocycles. The number of hydrogen-bond donors (Lipinski definition) is 3. The van der Waals surface area contributed by atoms with Gasteiger partial charge in [-0.05, 0) is 37.6 Å². The number of carbonyl (C=O) groups excluding carboxylic acids is 1. The van der Waals surface area contributed by atoms with E-state index in [4.69, 9.17) is 9.47 Å². The Morgan fingerprint density at radius 3 is 2.61 bits per heavy atom. The predicted molar refractivity (Wildman–Crippen MR) is 124 cm³/mol. The molecule has 2 aromatic carbocycles. The van der Waals surface area contributed by atoms with E-state index >= 15 is 0 Å². The number of guanidine groups is 1. The lowest BCUT2D eigenvalue weighted by atomic mass is 10.2. The zero-order chi connectivity index (χ0) is 22.3. The maximum absolute atomic E-state index is 11.6. The largest absolute Gasteiger partial charge is 0.489 e. The highest BCUT2D eigenvalue weighted by Gasteiger charge is 2.05. The fourth-order valence-electron chi connectivity index (χ4n) is 2.76. The van der Waals surface area contributed by atoms with Crippen molar-refractivity contribution in [3.8, 4) is 11.5 Å². The minimum atomic E-state index is -0.137. The lowest BCUT2D eigenvalue weighted by Gasteiger charge is -2.14. The van der Waals surface area contributed by atoms with Crippen LogP contribution in [0, 0.1) is 0 Å². The van der Waals surface area contributed by atoms with Crippen LogP contribution in [-0.4, -0.2) is 38.2 Å². The molecule has 7 heteroatoms. The van der Waals surface area contributed by atoms with E-state index in [2.05, 4.69) is 27.5 Å². The lowest BCUT2D eigenvalue weighted by molar-refractivity contribution is -0.122. The number of hydrogen-bond acceptors (Lipinski definition) is 4. The summed E-state index contributed by atoms with van der Waals surface area (Å²) in [4.78, 5) is 16.2. The van der Waals surface area contributed by atoms with Crippen molar-refractivity contribution in [2.75, 3.05) is 26.3 Å². The summed E-state index contributed by atoms with van der Waals surface area (Å²) in [6, 6.07) is 15.5. The van der Waals surface area contributed by atoms with Crippen molar-refractivity contribution < 1.29 is 14.3 Å².